The molecule has 0 aliphatic carbocycles. The van der Waals surface area contributed by atoms with Crippen LogP contribution in [0.5, 0.6) is 5.88 Å². The number of aromatic nitrogens is 1. The fourth-order valence-electron chi connectivity index (χ4n) is 1.89. The molecule has 0 saturated carbocycles. The van der Waals surface area contributed by atoms with Crippen LogP contribution in [-0.4, -0.2) is 11.1 Å². The van der Waals surface area contributed by atoms with E-state index in [9.17, 15) is 0 Å². The number of anilines is 1. The van der Waals surface area contributed by atoms with E-state index in [0.29, 0.717) is 5.88 Å². The molecule has 106 valence electrons. The van der Waals surface area contributed by atoms with E-state index < -0.39 is 0 Å². The molecule has 1 aromatic carbocycles. The molecule has 1 unspecified atom stereocenters. The van der Waals surface area contributed by atoms with Crippen LogP contribution in [-0.2, 0) is 0 Å². The fraction of sp³-hybridized carbons (Fsp3) is 0.312. The van der Waals surface area contributed by atoms with Crippen molar-refractivity contribution in [3.05, 3.63) is 52.6 Å². The molecule has 0 aliphatic heterocycles. The fourth-order valence-corrected chi connectivity index (χ4v) is 2.15. The maximum atomic E-state index is 5.72. The molecule has 0 amide bonds. The summed E-state index contributed by atoms with van der Waals surface area (Å²) < 4.78 is 6.80. The number of pyridine rings is 1. The monoisotopic (exact) mass is 334 g/mol. The van der Waals surface area contributed by atoms with E-state index in [1.54, 1.807) is 6.20 Å². The lowest BCUT2D eigenvalue weighted by molar-refractivity contribution is 0.234. The summed E-state index contributed by atoms with van der Waals surface area (Å²) in [5.41, 5.74) is 2.13. The number of nitrogens with one attached hydrogen (secondary N) is 1. The molecule has 0 bridgehead atoms. The number of benzene rings is 1. The molecule has 0 fully saturated rings. The average molecular weight is 335 g/mol. The van der Waals surface area contributed by atoms with Crippen LogP contribution < -0.4 is 10.1 Å². The van der Waals surface area contributed by atoms with Crippen LogP contribution in [0.3, 0.4) is 0 Å². The molecule has 1 heterocycles. The molecule has 2 aromatic rings. The molecule has 20 heavy (non-hydrogen) atoms. The summed E-state index contributed by atoms with van der Waals surface area (Å²) >= 11 is 3.45. The lowest BCUT2D eigenvalue weighted by atomic mass is 10.1. The minimum Gasteiger partial charge on any atom is -0.473 e. The van der Waals surface area contributed by atoms with E-state index in [2.05, 4.69) is 45.3 Å². The van der Waals surface area contributed by atoms with Crippen LogP contribution in [0.2, 0.25) is 0 Å². The predicted molar refractivity (Wildman–Crippen MR) is 86.2 cm³/mol. The van der Waals surface area contributed by atoms with Gasteiger partial charge in [0.05, 0.1) is 11.8 Å². The lowest BCUT2D eigenvalue weighted by Crippen LogP contribution is -2.12. The SMILES string of the molecule is CC(C)Oc1ncccc1NC(C)c1ccc(Br)cc1. The van der Waals surface area contributed by atoms with Crippen LogP contribution in [0.15, 0.2) is 47.1 Å². The Balaban J connectivity index is 2.15. The van der Waals surface area contributed by atoms with Crippen molar-refractivity contribution in [1.29, 1.82) is 0 Å². The van der Waals surface area contributed by atoms with Gasteiger partial charge in [-0.2, -0.15) is 0 Å². The Morgan fingerprint density at radius 1 is 1.10 bits per heavy atom. The van der Waals surface area contributed by atoms with Gasteiger partial charge < -0.3 is 10.1 Å². The van der Waals surface area contributed by atoms with Crippen molar-refractivity contribution < 1.29 is 4.74 Å². The maximum absolute atomic E-state index is 5.72. The summed E-state index contributed by atoms with van der Waals surface area (Å²) in [5.74, 6) is 0.645. The van der Waals surface area contributed by atoms with Crippen molar-refractivity contribution in [2.24, 2.45) is 0 Å². The summed E-state index contributed by atoms with van der Waals surface area (Å²) in [4.78, 5) is 4.29. The number of ether oxygens (including phenoxy) is 1. The Labute approximate surface area is 128 Å². The van der Waals surface area contributed by atoms with E-state index in [1.165, 1.54) is 5.56 Å². The third-order valence-electron chi connectivity index (χ3n) is 2.86. The quantitative estimate of drug-likeness (QED) is 0.852. The van der Waals surface area contributed by atoms with Gasteiger partial charge in [-0.05, 0) is 50.6 Å². The number of hydrogen-bond donors (Lipinski definition) is 1. The van der Waals surface area contributed by atoms with Gasteiger partial charge in [0.25, 0.3) is 0 Å². The minimum absolute atomic E-state index is 0.105. The molecule has 0 saturated heterocycles. The Kier molecular flexibility index (Phi) is 5.01. The average Bonchev–Trinajstić information content (AvgIpc) is 2.41. The highest BCUT2D eigenvalue weighted by atomic mass is 79.9. The molecule has 4 heteroatoms. The third-order valence-corrected chi connectivity index (χ3v) is 3.39. The van der Waals surface area contributed by atoms with E-state index in [-0.39, 0.29) is 12.1 Å². The van der Waals surface area contributed by atoms with Gasteiger partial charge in [-0.15, -0.1) is 0 Å². The van der Waals surface area contributed by atoms with Crippen LogP contribution >= 0.6 is 15.9 Å². The molecule has 1 atom stereocenters. The van der Waals surface area contributed by atoms with E-state index >= 15 is 0 Å². The van der Waals surface area contributed by atoms with Crippen LogP contribution in [0, 0.1) is 0 Å². The predicted octanol–water partition coefficient (Wildman–Crippen LogP) is 4.80. The smallest absolute Gasteiger partial charge is 0.237 e. The zero-order chi connectivity index (χ0) is 14.5. The van der Waals surface area contributed by atoms with Gasteiger partial charge in [-0.1, -0.05) is 28.1 Å². The standard InChI is InChI=1S/C16H19BrN2O/c1-11(2)20-16-15(5-4-10-18-16)19-12(3)13-6-8-14(17)9-7-13/h4-12,19H,1-3H3. The Morgan fingerprint density at radius 2 is 1.80 bits per heavy atom. The van der Waals surface area contributed by atoms with Gasteiger partial charge in [0.15, 0.2) is 0 Å². The van der Waals surface area contributed by atoms with E-state index in [1.807, 2.05) is 38.1 Å². The Hall–Kier alpha value is -1.55. The van der Waals surface area contributed by atoms with Crippen molar-refractivity contribution in [3.8, 4) is 5.88 Å². The second-order valence-corrected chi connectivity index (χ2v) is 5.86. The van der Waals surface area contributed by atoms with Gasteiger partial charge in [-0.25, -0.2) is 4.98 Å². The third kappa shape index (κ3) is 3.97. The van der Waals surface area contributed by atoms with Crippen molar-refractivity contribution in [2.45, 2.75) is 32.9 Å². The van der Waals surface area contributed by atoms with E-state index in [4.69, 9.17) is 4.74 Å². The molecule has 2 rings (SSSR count). The molecular weight excluding hydrogens is 316 g/mol. The first-order chi connectivity index (χ1) is 9.56. The van der Waals surface area contributed by atoms with Crippen molar-refractivity contribution in [3.63, 3.8) is 0 Å². The number of rotatable bonds is 5. The molecule has 0 aliphatic rings. The molecule has 1 N–H and O–H groups in total. The van der Waals surface area contributed by atoms with Gasteiger partial charge >= 0.3 is 0 Å². The summed E-state index contributed by atoms with van der Waals surface area (Å²) in [6.07, 6.45) is 1.85. The van der Waals surface area contributed by atoms with Crippen molar-refractivity contribution in [1.82, 2.24) is 4.98 Å². The second kappa shape index (κ2) is 6.75. The highest BCUT2D eigenvalue weighted by molar-refractivity contribution is 9.10. The lowest BCUT2D eigenvalue weighted by Gasteiger charge is -2.19. The first-order valence-corrected chi connectivity index (χ1v) is 7.49. The number of hydrogen-bond acceptors (Lipinski definition) is 3. The molecule has 0 radical (unpaired) electrons. The highest BCUT2D eigenvalue weighted by Crippen LogP contribution is 2.27. The summed E-state index contributed by atoms with van der Waals surface area (Å²) in [5, 5.41) is 3.45. The highest BCUT2D eigenvalue weighted by Gasteiger charge is 2.11. The van der Waals surface area contributed by atoms with Crippen LogP contribution in [0.4, 0.5) is 5.69 Å². The minimum atomic E-state index is 0.105. The number of nitrogens with zero attached hydrogens (tertiary/aromatic N) is 1. The second-order valence-electron chi connectivity index (χ2n) is 4.94. The molecule has 0 spiro atoms. The summed E-state index contributed by atoms with van der Waals surface area (Å²) in [6, 6.07) is 12.4. The van der Waals surface area contributed by atoms with Crippen molar-refractivity contribution in [2.75, 3.05) is 5.32 Å². The van der Waals surface area contributed by atoms with Gasteiger partial charge in [-0.3, -0.25) is 0 Å². The van der Waals surface area contributed by atoms with Crippen LogP contribution in [0.25, 0.3) is 0 Å². The van der Waals surface area contributed by atoms with Crippen molar-refractivity contribution >= 4 is 21.6 Å². The van der Waals surface area contributed by atoms with Gasteiger partial charge in [0.1, 0.15) is 0 Å². The zero-order valence-electron chi connectivity index (χ0n) is 11.9. The molecule has 1 aromatic heterocycles. The first kappa shape index (κ1) is 14.9. The number of halogens is 1. The normalized spacial score (nSPS) is 12.2. The summed E-state index contributed by atoms with van der Waals surface area (Å²) in [6.45, 7) is 6.11. The zero-order valence-corrected chi connectivity index (χ0v) is 13.5. The molecule has 3 nitrogen and oxygen atoms in total. The Bertz CT molecular complexity index is 555. The van der Waals surface area contributed by atoms with Gasteiger partial charge in [0, 0.05) is 16.7 Å². The topological polar surface area (TPSA) is 34.1 Å². The first-order valence-electron chi connectivity index (χ1n) is 6.70. The van der Waals surface area contributed by atoms with E-state index in [0.717, 1.165) is 10.2 Å². The van der Waals surface area contributed by atoms with Crippen LogP contribution in [0.1, 0.15) is 32.4 Å². The largest absolute Gasteiger partial charge is 0.473 e. The molecular formula is C16H19BrN2O. The van der Waals surface area contributed by atoms with Gasteiger partial charge in [0.2, 0.25) is 5.88 Å². The summed E-state index contributed by atoms with van der Waals surface area (Å²) in [7, 11) is 0. The Morgan fingerprint density at radius 3 is 2.45 bits per heavy atom. The maximum Gasteiger partial charge on any atom is 0.237 e.